The van der Waals surface area contributed by atoms with E-state index in [1.54, 1.807) is 25.3 Å². The standard InChI is InChI=1S/C24H29ClFNO6S/c1-24(14-31-15-24)16-33-23-10-17(5-8-22(23)30-2)12-27(13-18-4-3-9-32-18)34(28,29)19-6-7-21(26)20(25)11-19/h5-8,10-11,18H,3-4,9,12-16H2,1-2H3. The second-order valence-electron chi connectivity index (χ2n) is 9.09. The molecule has 0 bridgehead atoms. The second-order valence-corrected chi connectivity index (χ2v) is 11.4. The third kappa shape index (κ3) is 5.66. The molecule has 2 heterocycles. The quantitative estimate of drug-likeness (QED) is 0.472. The van der Waals surface area contributed by atoms with Crippen LogP contribution in [-0.2, 0) is 26.0 Å². The van der Waals surface area contributed by atoms with Crippen LogP contribution in [0.2, 0.25) is 5.02 Å². The van der Waals surface area contributed by atoms with Crippen molar-refractivity contribution in [3.8, 4) is 11.5 Å². The summed E-state index contributed by atoms with van der Waals surface area (Å²) in [5.41, 5.74) is 0.665. The molecule has 0 amide bonds. The minimum absolute atomic E-state index is 0.0575. The lowest BCUT2D eigenvalue weighted by atomic mass is 9.90. The van der Waals surface area contributed by atoms with E-state index in [2.05, 4.69) is 6.92 Å². The van der Waals surface area contributed by atoms with Crippen molar-refractivity contribution in [1.29, 1.82) is 0 Å². The molecule has 0 aliphatic carbocycles. The molecular weight excluding hydrogens is 485 g/mol. The van der Waals surface area contributed by atoms with Crippen molar-refractivity contribution in [3.63, 3.8) is 0 Å². The van der Waals surface area contributed by atoms with Crippen molar-refractivity contribution in [2.45, 2.75) is 37.3 Å². The van der Waals surface area contributed by atoms with E-state index in [9.17, 15) is 12.8 Å². The number of benzene rings is 2. The van der Waals surface area contributed by atoms with Crippen LogP contribution in [0.3, 0.4) is 0 Å². The van der Waals surface area contributed by atoms with Crippen LogP contribution in [0.15, 0.2) is 41.3 Å². The van der Waals surface area contributed by atoms with Crippen molar-refractivity contribution in [1.82, 2.24) is 4.31 Å². The monoisotopic (exact) mass is 513 g/mol. The highest BCUT2D eigenvalue weighted by Crippen LogP contribution is 2.34. The van der Waals surface area contributed by atoms with E-state index in [1.807, 2.05) is 0 Å². The highest BCUT2D eigenvalue weighted by atomic mass is 35.5. The molecule has 0 spiro atoms. The highest BCUT2D eigenvalue weighted by molar-refractivity contribution is 7.89. The van der Waals surface area contributed by atoms with Crippen LogP contribution >= 0.6 is 11.6 Å². The summed E-state index contributed by atoms with van der Waals surface area (Å²) >= 11 is 5.88. The highest BCUT2D eigenvalue weighted by Gasteiger charge is 2.35. The lowest BCUT2D eigenvalue weighted by Crippen LogP contribution is -2.44. The Balaban J connectivity index is 1.60. The summed E-state index contributed by atoms with van der Waals surface area (Å²) in [5, 5.41) is -0.244. The summed E-state index contributed by atoms with van der Waals surface area (Å²) in [5.74, 6) is 0.424. The fourth-order valence-electron chi connectivity index (χ4n) is 3.97. The van der Waals surface area contributed by atoms with Crippen LogP contribution in [0.5, 0.6) is 11.5 Å². The molecule has 2 aromatic carbocycles. The molecule has 2 aliphatic heterocycles. The Labute approximate surface area is 204 Å². The van der Waals surface area contributed by atoms with Gasteiger partial charge in [0.1, 0.15) is 5.82 Å². The maximum atomic E-state index is 13.7. The molecule has 2 aromatic rings. The predicted octanol–water partition coefficient (Wildman–Crippen LogP) is 4.27. The summed E-state index contributed by atoms with van der Waals surface area (Å²) in [4.78, 5) is -0.0696. The summed E-state index contributed by atoms with van der Waals surface area (Å²) in [6.07, 6.45) is 1.44. The first-order valence-electron chi connectivity index (χ1n) is 11.1. The molecule has 2 fully saturated rings. The number of rotatable bonds is 10. The van der Waals surface area contributed by atoms with E-state index in [4.69, 9.17) is 30.5 Å². The van der Waals surface area contributed by atoms with Gasteiger partial charge in [0.25, 0.3) is 0 Å². The minimum Gasteiger partial charge on any atom is -0.493 e. The van der Waals surface area contributed by atoms with Gasteiger partial charge in [-0.15, -0.1) is 0 Å². The average molecular weight is 514 g/mol. The Morgan fingerprint density at radius 3 is 2.62 bits per heavy atom. The summed E-state index contributed by atoms with van der Waals surface area (Å²) in [6.45, 7) is 4.65. The molecule has 0 radical (unpaired) electrons. The van der Waals surface area contributed by atoms with E-state index in [-0.39, 0.29) is 34.5 Å². The first-order valence-corrected chi connectivity index (χ1v) is 13.0. The van der Waals surface area contributed by atoms with Crippen molar-refractivity contribution in [2.75, 3.05) is 40.1 Å². The van der Waals surface area contributed by atoms with Crippen molar-refractivity contribution < 1.29 is 31.8 Å². The molecule has 34 heavy (non-hydrogen) atoms. The lowest BCUT2D eigenvalue weighted by molar-refractivity contribution is -0.120. The third-order valence-corrected chi connectivity index (χ3v) is 8.12. The lowest BCUT2D eigenvalue weighted by Gasteiger charge is -2.37. The van der Waals surface area contributed by atoms with Crippen LogP contribution in [-0.4, -0.2) is 58.9 Å². The normalized spacial score (nSPS) is 19.7. The molecule has 0 saturated carbocycles. The predicted molar refractivity (Wildman–Crippen MR) is 125 cm³/mol. The smallest absolute Gasteiger partial charge is 0.243 e. The van der Waals surface area contributed by atoms with Gasteiger partial charge in [-0.05, 0) is 48.7 Å². The molecule has 2 aliphatic rings. The van der Waals surface area contributed by atoms with Gasteiger partial charge in [-0.25, -0.2) is 12.8 Å². The third-order valence-electron chi connectivity index (χ3n) is 6.02. The number of halogens is 2. The Morgan fingerprint density at radius 1 is 1.21 bits per heavy atom. The van der Waals surface area contributed by atoms with Crippen molar-refractivity contribution >= 4 is 21.6 Å². The largest absolute Gasteiger partial charge is 0.493 e. The van der Waals surface area contributed by atoms with Gasteiger partial charge in [-0.2, -0.15) is 4.31 Å². The van der Waals surface area contributed by atoms with Gasteiger partial charge in [-0.3, -0.25) is 0 Å². The van der Waals surface area contributed by atoms with Gasteiger partial charge in [0.2, 0.25) is 10.0 Å². The molecule has 2 saturated heterocycles. The van der Waals surface area contributed by atoms with Crippen LogP contribution < -0.4 is 9.47 Å². The Kier molecular flexibility index (Phi) is 7.69. The van der Waals surface area contributed by atoms with Crippen LogP contribution in [0.4, 0.5) is 4.39 Å². The van der Waals surface area contributed by atoms with Gasteiger partial charge in [0, 0.05) is 25.1 Å². The molecule has 4 rings (SSSR count). The van der Waals surface area contributed by atoms with Crippen molar-refractivity contribution in [3.05, 3.63) is 52.8 Å². The minimum atomic E-state index is -3.97. The number of methoxy groups -OCH3 is 1. The number of sulfonamides is 1. The fraction of sp³-hybridized carbons (Fsp3) is 0.500. The molecule has 186 valence electrons. The van der Waals surface area contributed by atoms with Crippen LogP contribution in [0.25, 0.3) is 0 Å². The van der Waals surface area contributed by atoms with Crippen LogP contribution in [0.1, 0.15) is 25.3 Å². The molecule has 7 nitrogen and oxygen atoms in total. The van der Waals surface area contributed by atoms with Gasteiger partial charge in [-0.1, -0.05) is 24.6 Å². The molecule has 0 N–H and O–H groups in total. The average Bonchev–Trinajstić information content (AvgIpc) is 3.31. The van der Waals surface area contributed by atoms with Gasteiger partial charge in [0.05, 0.1) is 43.0 Å². The summed E-state index contributed by atoms with van der Waals surface area (Å²) in [7, 11) is -2.41. The van der Waals surface area contributed by atoms with E-state index in [1.165, 1.54) is 10.4 Å². The maximum Gasteiger partial charge on any atom is 0.243 e. The van der Waals surface area contributed by atoms with Gasteiger partial charge < -0.3 is 18.9 Å². The first-order chi connectivity index (χ1) is 16.2. The van der Waals surface area contributed by atoms with E-state index < -0.39 is 15.8 Å². The summed E-state index contributed by atoms with van der Waals surface area (Å²) < 4.78 is 64.5. The Hall–Kier alpha value is -1.91. The molecule has 0 aromatic heterocycles. The maximum absolute atomic E-state index is 13.7. The Morgan fingerprint density at radius 2 is 2.00 bits per heavy atom. The van der Waals surface area contributed by atoms with E-state index in [0.29, 0.717) is 37.9 Å². The van der Waals surface area contributed by atoms with E-state index in [0.717, 1.165) is 30.5 Å². The van der Waals surface area contributed by atoms with Crippen LogP contribution in [0, 0.1) is 11.2 Å². The molecule has 10 heteroatoms. The SMILES string of the molecule is COc1ccc(CN(CC2CCCO2)S(=O)(=O)c2ccc(F)c(Cl)c2)cc1OCC1(C)COC1. The zero-order valence-corrected chi connectivity index (χ0v) is 20.8. The van der Waals surface area contributed by atoms with E-state index >= 15 is 0 Å². The van der Waals surface area contributed by atoms with Crippen molar-refractivity contribution in [2.24, 2.45) is 5.41 Å². The summed E-state index contributed by atoms with van der Waals surface area (Å²) in [6, 6.07) is 8.77. The molecule has 1 unspecified atom stereocenters. The topological polar surface area (TPSA) is 74.3 Å². The Bertz CT molecular complexity index is 1120. The first kappa shape index (κ1) is 25.2. The molecule has 1 atom stereocenters. The number of hydrogen-bond donors (Lipinski definition) is 0. The zero-order valence-electron chi connectivity index (χ0n) is 19.3. The number of ether oxygens (including phenoxy) is 4. The number of nitrogens with zero attached hydrogens (tertiary/aromatic N) is 1. The van der Waals surface area contributed by atoms with Gasteiger partial charge >= 0.3 is 0 Å². The number of hydrogen-bond acceptors (Lipinski definition) is 6. The molecular formula is C24H29ClFNO6S. The van der Waals surface area contributed by atoms with Gasteiger partial charge in [0.15, 0.2) is 11.5 Å². The fourth-order valence-corrected chi connectivity index (χ4v) is 5.70. The zero-order chi connectivity index (χ0) is 24.3. The second kappa shape index (κ2) is 10.4.